The molecule has 0 atom stereocenters. The minimum atomic E-state index is -0.204. The second-order valence-corrected chi connectivity index (χ2v) is 3.25. The van der Waals surface area contributed by atoms with Crippen LogP contribution in [0.15, 0.2) is 12.1 Å². The molecule has 0 bridgehead atoms. The predicted molar refractivity (Wildman–Crippen MR) is 59.6 cm³/mol. The van der Waals surface area contributed by atoms with E-state index in [1.807, 2.05) is 6.92 Å². The maximum atomic E-state index is 11.5. The summed E-state index contributed by atoms with van der Waals surface area (Å²) in [6.45, 7) is 3.82. The number of aromatic nitrogens is 1. The van der Waals surface area contributed by atoms with Crippen LogP contribution in [0.25, 0.3) is 0 Å². The SMILES string of the molecule is CCOCCCNC(=O)c1ccc(C=O)[nH]1. The molecule has 1 heterocycles. The van der Waals surface area contributed by atoms with Crippen molar-refractivity contribution >= 4 is 12.2 Å². The highest BCUT2D eigenvalue weighted by atomic mass is 16.5. The first-order valence-corrected chi connectivity index (χ1v) is 5.28. The zero-order valence-electron chi connectivity index (χ0n) is 9.29. The summed E-state index contributed by atoms with van der Waals surface area (Å²) in [7, 11) is 0. The Kier molecular flexibility index (Phi) is 5.28. The van der Waals surface area contributed by atoms with Crippen LogP contribution in [0.4, 0.5) is 0 Å². The van der Waals surface area contributed by atoms with Gasteiger partial charge in [0.15, 0.2) is 6.29 Å². The van der Waals surface area contributed by atoms with Gasteiger partial charge in [0.2, 0.25) is 0 Å². The quantitative estimate of drug-likeness (QED) is 0.536. The number of hydrogen-bond donors (Lipinski definition) is 2. The zero-order valence-corrected chi connectivity index (χ0v) is 9.29. The molecule has 0 aromatic carbocycles. The normalized spacial score (nSPS) is 10.1. The van der Waals surface area contributed by atoms with Crippen molar-refractivity contribution in [1.29, 1.82) is 0 Å². The summed E-state index contributed by atoms with van der Waals surface area (Å²) in [5, 5.41) is 2.73. The van der Waals surface area contributed by atoms with Gasteiger partial charge in [0.25, 0.3) is 5.91 Å². The molecular formula is C11H16N2O3. The number of nitrogens with one attached hydrogen (secondary N) is 2. The molecule has 1 amide bonds. The van der Waals surface area contributed by atoms with Gasteiger partial charge in [-0.2, -0.15) is 0 Å². The number of hydrogen-bond acceptors (Lipinski definition) is 3. The highest BCUT2D eigenvalue weighted by Crippen LogP contribution is 1.99. The van der Waals surface area contributed by atoms with E-state index in [1.54, 1.807) is 12.1 Å². The molecule has 0 spiro atoms. The van der Waals surface area contributed by atoms with Crippen LogP contribution in [0.3, 0.4) is 0 Å². The summed E-state index contributed by atoms with van der Waals surface area (Å²) in [6, 6.07) is 3.16. The summed E-state index contributed by atoms with van der Waals surface area (Å²) in [6.07, 6.45) is 1.45. The summed E-state index contributed by atoms with van der Waals surface area (Å²) in [4.78, 5) is 24.6. The summed E-state index contributed by atoms with van der Waals surface area (Å²) in [5.41, 5.74) is 0.804. The Bertz CT molecular complexity index is 347. The van der Waals surface area contributed by atoms with Crippen LogP contribution in [0, 0.1) is 0 Å². The third-order valence-corrected chi connectivity index (χ3v) is 2.04. The molecular weight excluding hydrogens is 208 g/mol. The largest absolute Gasteiger partial charge is 0.382 e. The lowest BCUT2D eigenvalue weighted by Crippen LogP contribution is -2.25. The third-order valence-electron chi connectivity index (χ3n) is 2.04. The number of ether oxygens (including phenoxy) is 1. The number of aldehydes is 1. The fraction of sp³-hybridized carbons (Fsp3) is 0.455. The average molecular weight is 224 g/mol. The van der Waals surface area contributed by atoms with Gasteiger partial charge >= 0.3 is 0 Å². The lowest BCUT2D eigenvalue weighted by atomic mass is 10.4. The fourth-order valence-electron chi connectivity index (χ4n) is 1.23. The predicted octanol–water partition coefficient (Wildman–Crippen LogP) is 0.984. The minimum Gasteiger partial charge on any atom is -0.382 e. The number of rotatable bonds is 7. The third kappa shape index (κ3) is 3.86. The van der Waals surface area contributed by atoms with Crippen LogP contribution in [-0.4, -0.2) is 36.9 Å². The van der Waals surface area contributed by atoms with Crippen LogP contribution in [0.5, 0.6) is 0 Å². The van der Waals surface area contributed by atoms with Gasteiger partial charge in [-0.15, -0.1) is 0 Å². The van der Waals surface area contributed by atoms with E-state index >= 15 is 0 Å². The second-order valence-electron chi connectivity index (χ2n) is 3.25. The van der Waals surface area contributed by atoms with Crippen molar-refractivity contribution in [3.05, 3.63) is 23.5 Å². The molecule has 0 aliphatic heterocycles. The molecule has 88 valence electrons. The van der Waals surface area contributed by atoms with E-state index in [1.165, 1.54) is 0 Å². The van der Waals surface area contributed by atoms with E-state index in [4.69, 9.17) is 4.74 Å². The number of amides is 1. The summed E-state index contributed by atoms with van der Waals surface area (Å²) in [5.74, 6) is -0.204. The van der Waals surface area contributed by atoms with Gasteiger partial charge in [0, 0.05) is 19.8 Å². The van der Waals surface area contributed by atoms with Crippen LogP contribution in [0.2, 0.25) is 0 Å². The van der Waals surface area contributed by atoms with E-state index in [0.717, 1.165) is 6.42 Å². The van der Waals surface area contributed by atoms with E-state index in [-0.39, 0.29) is 5.91 Å². The topological polar surface area (TPSA) is 71.2 Å². The zero-order chi connectivity index (χ0) is 11.8. The van der Waals surface area contributed by atoms with Crippen LogP contribution < -0.4 is 5.32 Å². The van der Waals surface area contributed by atoms with Gasteiger partial charge in [-0.25, -0.2) is 0 Å². The number of carbonyl (C=O) groups is 2. The minimum absolute atomic E-state index is 0.204. The smallest absolute Gasteiger partial charge is 0.267 e. The van der Waals surface area contributed by atoms with Crippen molar-refractivity contribution < 1.29 is 14.3 Å². The van der Waals surface area contributed by atoms with E-state index in [9.17, 15) is 9.59 Å². The molecule has 5 nitrogen and oxygen atoms in total. The van der Waals surface area contributed by atoms with E-state index in [2.05, 4.69) is 10.3 Å². The number of aromatic amines is 1. The molecule has 5 heteroatoms. The monoisotopic (exact) mass is 224 g/mol. The maximum Gasteiger partial charge on any atom is 0.267 e. The highest BCUT2D eigenvalue weighted by Gasteiger charge is 2.06. The summed E-state index contributed by atoms with van der Waals surface area (Å²) < 4.78 is 5.14. The Morgan fingerprint density at radius 2 is 2.38 bits per heavy atom. The molecule has 1 aromatic heterocycles. The Labute approximate surface area is 94.2 Å². The first-order valence-electron chi connectivity index (χ1n) is 5.28. The molecule has 0 unspecified atom stereocenters. The molecule has 0 saturated carbocycles. The van der Waals surface area contributed by atoms with Gasteiger partial charge in [0.05, 0.1) is 5.69 Å². The van der Waals surface area contributed by atoms with E-state index < -0.39 is 0 Å². The Balaban J connectivity index is 2.27. The van der Waals surface area contributed by atoms with Crippen molar-refractivity contribution in [1.82, 2.24) is 10.3 Å². The summed E-state index contributed by atoms with van der Waals surface area (Å²) >= 11 is 0. The number of H-pyrrole nitrogens is 1. The molecule has 1 rings (SSSR count). The Morgan fingerprint density at radius 1 is 1.56 bits per heavy atom. The molecule has 0 aliphatic carbocycles. The van der Waals surface area contributed by atoms with Crippen molar-refractivity contribution in [2.24, 2.45) is 0 Å². The highest BCUT2D eigenvalue weighted by molar-refractivity contribution is 5.93. The van der Waals surface area contributed by atoms with Crippen molar-refractivity contribution in [3.8, 4) is 0 Å². The van der Waals surface area contributed by atoms with Crippen LogP contribution in [0.1, 0.15) is 34.3 Å². The van der Waals surface area contributed by atoms with Crippen molar-refractivity contribution in [2.45, 2.75) is 13.3 Å². The van der Waals surface area contributed by atoms with Crippen LogP contribution in [-0.2, 0) is 4.74 Å². The van der Waals surface area contributed by atoms with Crippen LogP contribution >= 0.6 is 0 Å². The van der Waals surface area contributed by atoms with Gasteiger partial charge in [-0.3, -0.25) is 9.59 Å². The van der Waals surface area contributed by atoms with E-state index in [0.29, 0.717) is 37.4 Å². The first-order chi connectivity index (χ1) is 7.77. The van der Waals surface area contributed by atoms with Crippen molar-refractivity contribution in [3.63, 3.8) is 0 Å². The molecule has 0 radical (unpaired) electrons. The molecule has 1 aromatic rings. The van der Waals surface area contributed by atoms with Gasteiger partial charge in [-0.05, 0) is 25.5 Å². The standard InChI is InChI=1S/C11H16N2O3/c1-2-16-7-3-6-12-11(15)10-5-4-9(8-14)13-10/h4-5,8,13H,2-3,6-7H2,1H3,(H,12,15). The fourth-order valence-corrected chi connectivity index (χ4v) is 1.23. The first kappa shape index (κ1) is 12.4. The average Bonchev–Trinajstić information content (AvgIpc) is 2.77. The number of carbonyl (C=O) groups excluding carboxylic acids is 2. The molecule has 0 fully saturated rings. The van der Waals surface area contributed by atoms with Gasteiger partial charge < -0.3 is 15.0 Å². The molecule has 0 saturated heterocycles. The Morgan fingerprint density at radius 3 is 3.00 bits per heavy atom. The maximum absolute atomic E-state index is 11.5. The lowest BCUT2D eigenvalue weighted by molar-refractivity contribution is 0.0940. The lowest BCUT2D eigenvalue weighted by Gasteiger charge is -2.03. The van der Waals surface area contributed by atoms with Gasteiger partial charge in [0.1, 0.15) is 5.69 Å². The van der Waals surface area contributed by atoms with Gasteiger partial charge in [-0.1, -0.05) is 0 Å². The Hall–Kier alpha value is -1.62. The molecule has 0 aliphatic rings. The van der Waals surface area contributed by atoms with Crippen molar-refractivity contribution in [2.75, 3.05) is 19.8 Å². The molecule has 2 N–H and O–H groups in total. The second kappa shape index (κ2) is 6.79. The molecule has 16 heavy (non-hydrogen) atoms.